The van der Waals surface area contributed by atoms with Crippen molar-refractivity contribution < 1.29 is 4.74 Å². The Morgan fingerprint density at radius 2 is 1.94 bits per heavy atom. The van der Waals surface area contributed by atoms with Gasteiger partial charge in [-0.25, -0.2) is 19.9 Å². The molecular formula is C24H23BrN6OS. The average molecular weight is 523 g/mol. The molecule has 0 radical (unpaired) electrons. The second kappa shape index (κ2) is 9.93. The Balaban J connectivity index is 1.56. The Bertz CT molecular complexity index is 1240. The van der Waals surface area contributed by atoms with E-state index in [9.17, 15) is 0 Å². The lowest BCUT2D eigenvalue weighted by Gasteiger charge is -2.11. The SMILES string of the molecule is CCCNc1ncc(-c2cc(-c3cc(OCC4CC4)ccc3Br)nc(-c3cnccn3)n2)s1. The molecule has 1 N–H and O–H groups in total. The highest BCUT2D eigenvalue weighted by molar-refractivity contribution is 9.10. The molecule has 33 heavy (non-hydrogen) atoms. The number of benzene rings is 1. The number of hydrogen-bond acceptors (Lipinski definition) is 8. The van der Waals surface area contributed by atoms with Crippen LogP contribution in [0.3, 0.4) is 0 Å². The van der Waals surface area contributed by atoms with Gasteiger partial charge >= 0.3 is 0 Å². The first-order valence-corrected chi connectivity index (χ1v) is 12.6. The van der Waals surface area contributed by atoms with E-state index >= 15 is 0 Å². The molecule has 3 aromatic heterocycles. The molecule has 4 aromatic rings. The molecule has 0 saturated heterocycles. The summed E-state index contributed by atoms with van der Waals surface area (Å²) in [5, 5.41) is 4.22. The van der Waals surface area contributed by atoms with Crippen LogP contribution in [0.15, 0.2) is 53.5 Å². The summed E-state index contributed by atoms with van der Waals surface area (Å²) in [7, 11) is 0. The van der Waals surface area contributed by atoms with Crippen LogP contribution in [0.4, 0.5) is 5.13 Å². The molecule has 9 heteroatoms. The fourth-order valence-electron chi connectivity index (χ4n) is 3.24. The van der Waals surface area contributed by atoms with Gasteiger partial charge in [0.25, 0.3) is 0 Å². The molecule has 0 aliphatic heterocycles. The van der Waals surface area contributed by atoms with Crippen LogP contribution in [0, 0.1) is 5.92 Å². The van der Waals surface area contributed by atoms with E-state index in [0.29, 0.717) is 17.4 Å². The minimum absolute atomic E-state index is 0.517. The van der Waals surface area contributed by atoms with Gasteiger partial charge in [-0.3, -0.25) is 4.98 Å². The van der Waals surface area contributed by atoms with Crippen molar-refractivity contribution >= 4 is 32.4 Å². The summed E-state index contributed by atoms with van der Waals surface area (Å²) in [4.78, 5) is 23.7. The molecule has 0 bridgehead atoms. The average Bonchev–Trinajstić information content (AvgIpc) is 3.57. The van der Waals surface area contributed by atoms with Crippen molar-refractivity contribution in [1.82, 2.24) is 24.9 Å². The van der Waals surface area contributed by atoms with Gasteiger partial charge in [0.05, 0.1) is 29.1 Å². The molecular weight excluding hydrogens is 500 g/mol. The van der Waals surface area contributed by atoms with Gasteiger partial charge in [-0.15, -0.1) is 0 Å². The maximum Gasteiger partial charge on any atom is 0.183 e. The highest BCUT2D eigenvalue weighted by Gasteiger charge is 2.22. The van der Waals surface area contributed by atoms with Crippen molar-refractivity contribution in [3.63, 3.8) is 0 Å². The van der Waals surface area contributed by atoms with Crippen LogP contribution < -0.4 is 10.1 Å². The smallest absolute Gasteiger partial charge is 0.183 e. The van der Waals surface area contributed by atoms with Gasteiger partial charge in [0, 0.05) is 35.2 Å². The van der Waals surface area contributed by atoms with E-state index in [0.717, 1.165) is 56.8 Å². The molecule has 1 aliphatic rings. The molecule has 5 rings (SSSR count). The molecule has 1 aromatic carbocycles. The zero-order valence-corrected chi connectivity index (χ0v) is 20.6. The van der Waals surface area contributed by atoms with Crippen molar-refractivity contribution in [2.24, 2.45) is 5.92 Å². The fraction of sp³-hybridized carbons (Fsp3) is 0.292. The number of hydrogen-bond donors (Lipinski definition) is 1. The van der Waals surface area contributed by atoms with Gasteiger partial charge < -0.3 is 10.1 Å². The van der Waals surface area contributed by atoms with Crippen LogP contribution >= 0.6 is 27.3 Å². The van der Waals surface area contributed by atoms with Crippen molar-refractivity contribution in [2.75, 3.05) is 18.5 Å². The molecule has 7 nitrogen and oxygen atoms in total. The molecule has 0 spiro atoms. The third kappa shape index (κ3) is 5.36. The van der Waals surface area contributed by atoms with Crippen molar-refractivity contribution in [3.05, 3.63) is 53.5 Å². The maximum absolute atomic E-state index is 6.01. The second-order valence-electron chi connectivity index (χ2n) is 7.91. The Morgan fingerprint density at radius 3 is 2.73 bits per heavy atom. The summed E-state index contributed by atoms with van der Waals surface area (Å²) in [6, 6.07) is 8.00. The maximum atomic E-state index is 6.01. The predicted octanol–water partition coefficient (Wildman–Crippen LogP) is 6.10. The lowest BCUT2D eigenvalue weighted by atomic mass is 10.1. The molecule has 168 valence electrons. The molecule has 1 aliphatic carbocycles. The number of aromatic nitrogens is 5. The minimum atomic E-state index is 0.517. The number of thiazole rings is 1. The number of nitrogens with zero attached hydrogens (tertiary/aromatic N) is 5. The molecule has 0 unspecified atom stereocenters. The summed E-state index contributed by atoms with van der Waals surface area (Å²) >= 11 is 5.26. The summed E-state index contributed by atoms with van der Waals surface area (Å²) in [5.41, 5.74) is 3.12. The van der Waals surface area contributed by atoms with Crippen LogP contribution in [0.5, 0.6) is 5.75 Å². The van der Waals surface area contributed by atoms with Gasteiger partial charge in [0.15, 0.2) is 11.0 Å². The number of nitrogens with one attached hydrogen (secondary N) is 1. The minimum Gasteiger partial charge on any atom is -0.493 e. The summed E-state index contributed by atoms with van der Waals surface area (Å²) in [5.74, 6) is 2.04. The first-order chi connectivity index (χ1) is 16.2. The Kier molecular flexibility index (Phi) is 6.59. The monoisotopic (exact) mass is 522 g/mol. The molecule has 0 atom stereocenters. The van der Waals surface area contributed by atoms with Crippen LogP contribution in [-0.2, 0) is 0 Å². The van der Waals surface area contributed by atoms with Crippen molar-refractivity contribution in [2.45, 2.75) is 26.2 Å². The normalized spacial score (nSPS) is 13.2. The third-order valence-corrected chi connectivity index (χ3v) is 6.87. The molecule has 1 fully saturated rings. The summed E-state index contributed by atoms with van der Waals surface area (Å²) in [6.07, 6.45) is 10.4. The topological polar surface area (TPSA) is 85.7 Å². The van der Waals surface area contributed by atoms with Gasteiger partial charge in [0.1, 0.15) is 11.4 Å². The van der Waals surface area contributed by atoms with Crippen LogP contribution in [0.25, 0.3) is 33.3 Å². The Hall–Kier alpha value is -2.91. The van der Waals surface area contributed by atoms with E-state index < -0.39 is 0 Å². The predicted molar refractivity (Wildman–Crippen MR) is 134 cm³/mol. The van der Waals surface area contributed by atoms with Crippen molar-refractivity contribution in [3.8, 4) is 39.1 Å². The molecule has 3 heterocycles. The van der Waals surface area contributed by atoms with E-state index in [1.807, 2.05) is 30.5 Å². The highest BCUT2D eigenvalue weighted by atomic mass is 79.9. The first-order valence-electron chi connectivity index (χ1n) is 11.0. The Labute approximate surface area is 204 Å². The van der Waals surface area contributed by atoms with E-state index in [2.05, 4.69) is 43.1 Å². The zero-order chi connectivity index (χ0) is 22.6. The number of rotatable bonds is 9. The molecule has 1 saturated carbocycles. The van der Waals surface area contributed by atoms with E-state index in [-0.39, 0.29) is 0 Å². The molecule has 0 amide bonds. The van der Waals surface area contributed by atoms with Gasteiger partial charge in [-0.05, 0) is 49.4 Å². The van der Waals surface area contributed by atoms with Crippen LogP contribution in [0.2, 0.25) is 0 Å². The van der Waals surface area contributed by atoms with E-state index in [4.69, 9.17) is 14.7 Å². The summed E-state index contributed by atoms with van der Waals surface area (Å²) in [6.45, 7) is 3.77. The quantitative estimate of drug-likeness (QED) is 0.284. The van der Waals surface area contributed by atoms with Gasteiger partial charge in [-0.1, -0.05) is 34.2 Å². The second-order valence-corrected chi connectivity index (χ2v) is 9.79. The fourth-order valence-corrected chi connectivity index (χ4v) is 4.49. The van der Waals surface area contributed by atoms with E-state index in [1.54, 1.807) is 29.9 Å². The van der Waals surface area contributed by atoms with Gasteiger partial charge in [0.2, 0.25) is 0 Å². The largest absolute Gasteiger partial charge is 0.493 e. The standard InChI is InChI=1S/C24H23BrN6OS/c1-2-7-28-24-29-13-22(33-24)20-11-19(30-23(31-20)21-12-26-8-9-27-21)17-10-16(5-6-18(17)25)32-14-15-3-4-15/h5-6,8-13,15H,2-4,7,14H2,1H3,(H,28,29). The zero-order valence-electron chi connectivity index (χ0n) is 18.2. The Morgan fingerprint density at radius 1 is 1.06 bits per heavy atom. The highest BCUT2D eigenvalue weighted by Crippen LogP contribution is 2.36. The van der Waals surface area contributed by atoms with Crippen LogP contribution in [-0.4, -0.2) is 38.1 Å². The lowest BCUT2D eigenvalue weighted by molar-refractivity contribution is 0.300. The number of ether oxygens (including phenoxy) is 1. The lowest BCUT2D eigenvalue weighted by Crippen LogP contribution is -2.00. The number of anilines is 1. The number of halogens is 1. The first kappa shape index (κ1) is 21.9. The third-order valence-electron chi connectivity index (χ3n) is 5.20. The van der Waals surface area contributed by atoms with Crippen LogP contribution in [0.1, 0.15) is 26.2 Å². The van der Waals surface area contributed by atoms with E-state index in [1.165, 1.54) is 12.8 Å². The van der Waals surface area contributed by atoms with Crippen molar-refractivity contribution in [1.29, 1.82) is 0 Å². The van der Waals surface area contributed by atoms with Gasteiger partial charge in [-0.2, -0.15) is 0 Å². The summed E-state index contributed by atoms with van der Waals surface area (Å²) < 4.78 is 6.95.